The zero-order valence-electron chi connectivity index (χ0n) is 15.1. The largest absolute Gasteiger partial charge is 0.462 e. The second kappa shape index (κ2) is 8.19. The van der Waals surface area contributed by atoms with E-state index >= 15 is 0 Å². The van der Waals surface area contributed by atoms with E-state index < -0.39 is 17.5 Å². The maximum absolute atomic E-state index is 12.1. The molecule has 0 spiro atoms. The fourth-order valence-electron chi connectivity index (χ4n) is 2.09. The molecule has 138 valence electrons. The highest BCUT2D eigenvalue weighted by molar-refractivity contribution is 6.29. The summed E-state index contributed by atoms with van der Waals surface area (Å²) in [7, 11) is 0. The first kappa shape index (κ1) is 19.7. The van der Waals surface area contributed by atoms with Gasteiger partial charge in [0.2, 0.25) is 0 Å². The third kappa shape index (κ3) is 5.46. The zero-order chi connectivity index (χ0) is 19.3. The van der Waals surface area contributed by atoms with Gasteiger partial charge in [0.05, 0.1) is 17.9 Å². The summed E-state index contributed by atoms with van der Waals surface area (Å²) in [5, 5.41) is 3.33. The van der Waals surface area contributed by atoms with Crippen LogP contribution < -0.4 is 5.32 Å². The Bertz CT molecular complexity index is 798. The van der Waals surface area contributed by atoms with Crippen molar-refractivity contribution >= 4 is 34.9 Å². The van der Waals surface area contributed by atoms with Crippen LogP contribution in [-0.4, -0.2) is 29.1 Å². The van der Waals surface area contributed by atoms with Crippen LogP contribution >= 0.6 is 11.6 Å². The molecule has 1 aromatic heterocycles. The minimum absolute atomic E-state index is 0.242. The molecule has 0 amide bonds. The van der Waals surface area contributed by atoms with E-state index in [-0.39, 0.29) is 17.3 Å². The van der Waals surface area contributed by atoms with E-state index in [1.54, 1.807) is 31.2 Å². The molecule has 7 heteroatoms. The standard InChI is InChI=1S/C19H21ClN2O4/c1-5-25-18(24)14-11-21-16(20)10-15(14)22-13-8-6-12(7-9-13)17(23)26-19(2,3)4/h6-11H,5H2,1-4H3,(H,21,22). The molecule has 0 bridgehead atoms. The molecule has 1 N–H and O–H groups in total. The number of aromatic nitrogens is 1. The zero-order valence-corrected chi connectivity index (χ0v) is 15.9. The number of hydrogen-bond donors (Lipinski definition) is 1. The lowest BCUT2D eigenvalue weighted by molar-refractivity contribution is 0.00693. The van der Waals surface area contributed by atoms with Gasteiger partial charge in [-0.15, -0.1) is 0 Å². The van der Waals surface area contributed by atoms with Gasteiger partial charge in [0.25, 0.3) is 0 Å². The van der Waals surface area contributed by atoms with Gasteiger partial charge >= 0.3 is 11.9 Å². The molecule has 0 saturated heterocycles. The fourth-order valence-corrected chi connectivity index (χ4v) is 2.24. The van der Waals surface area contributed by atoms with Crippen LogP contribution in [0.4, 0.5) is 11.4 Å². The van der Waals surface area contributed by atoms with Gasteiger partial charge in [0, 0.05) is 11.9 Å². The monoisotopic (exact) mass is 376 g/mol. The van der Waals surface area contributed by atoms with Crippen molar-refractivity contribution in [3.8, 4) is 0 Å². The molecule has 1 heterocycles. The van der Waals surface area contributed by atoms with Crippen molar-refractivity contribution in [2.24, 2.45) is 0 Å². The Morgan fingerprint density at radius 2 is 1.81 bits per heavy atom. The van der Waals surface area contributed by atoms with Gasteiger partial charge < -0.3 is 14.8 Å². The van der Waals surface area contributed by atoms with Crippen LogP contribution in [0.3, 0.4) is 0 Å². The van der Waals surface area contributed by atoms with Gasteiger partial charge in [0.15, 0.2) is 0 Å². The number of carbonyl (C=O) groups is 2. The molecule has 0 aliphatic heterocycles. The molecular weight excluding hydrogens is 356 g/mol. The normalized spacial score (nSPS) is 11.0. The summed E-state index contributed by atoms with van der Waals surface area (Å²) in [5.41, 5.74) is 1.28. The number of carbonyl (C=O) groups excluding carboxylic acids is 2. The summed E-state index contributed by atoms with van der Waals surface area (Å²) in [6.07, 6.45) is 1.36. The Balaban J connectivity index is 2.20. The van der Waals surface area contributed by atoms with Gasteiger partial charge in [-0.1, -0.05) is 11.6 Å². The average Bonchev–Trinajstić information content (AvgIpc) is 2.54. The number of halogens is 1. The molecule has 26 heavy (non-hydrogen) atoms. The second-order valence-corrected chi connectivity index (χ2v) is 6.86. The van der Waals surface area contributed by atoms with Gasteiger partial charge in [-0.3, -0.25) is 0 Å². The molecule has 0 aliphatic carbocycles. The van der Waals surface area contributed by atoms with Gasteiger partial charge in [-0.05, 0) is 58.0 Å². The summed E-state index contributed by atoms with van der Waals surface area (Å²) in [6, 6.07) is 8.24. The molecular formula is C19H21ClN2O4. The summed E-state index contributed by atoms with van der Waals surface area (Å²) < 4.78 is 10.3. The van der Waals surface area contributed by atoms with Crippen LogP contribution in [0.1, 0.15) is 48.4 Å². The number of hydrogen-bond acceptors (Lipinski definition) is 6. The lowest BCUT2D eigenvalue weighted by atomic mass is 10.1. The van der Waals surface area contributed by atoms with Crippen LogP contribution in [0.15, 0.2) is 36.5 Å². The minimum Gasteiger partial charge on any atom is -0.462 e. The van der Waals surface area contributed by atoms with Gasteiger partial charge in [0.1, 0.15) is 16.3 Å². The number of benzene rings is 1. The number of esters is 2. The fraction of sp³-hybridized carbons (Fsp3) is 0.316. The molecule has 2 rings (SSSR count). The number of anilines is 2. The molecule has 2 aromatic rings. The highest BCUT2D eigenvalue weighted by Gasteiger charge is 2.18. The van der Waals surface area contributed by atoms with E-state index in [0.717, 1.165) is 0 Å². The minimum atomic E-state index is -0.559. The Kier molecular flexibility index (Phi) is 6.21. The Morgan fingerprint density at radius 1 is 1.15 bits per heavy atom. The van der Waals surface area contributed by atoms with Crippen LogP contribution in [0, 0.1) is 0 Å². The molecule has 0 unspecified atom stereocenters. The van der Waals surface area contributed by atoms with Crippen LogP contribution in [0.25, 0.3) is 0 Å². The van der Waals surface area contributed by atoms with E-state index in [0.29, 0.717) is 16.9 Å². The van der Waals surface area contributed by atoms with Crippen molar-refractivity contribution < 1.29 is 19.1 Å². The third-order valence-electron chi connectivity index (χ3n) is 3.16. The summed E-state index contributed by atoms with van der Waals surface area (Å²) in [4.78, 5) is 28.0. The number of nitrogens with one attached hydrogen (secondary N) is 1. The smallest absolute Gasteiger partial charge is 0.341 e. The van der Waals surface area contributed by atoms with Crippen molar-refractivity contribution in [1.29, 1.82) is 0 Å². The number of ether oxygens (including phenoxy) is 2. The van der Waals surface area contributed by atoms with Crippen LogP contribution in [0.5, 0.6) is 0 Å². The Morgan fingerprint density at radius 3 is 2.38 bits per heavy atom. The third-order valence-corrected chi connectivity index (χ3v) is 3.37. The van der Waals surface area contributed by atoms with E-state index in [1.165, 1.54) is 12.3 Å². The van der Waals surface area contributed by atoms with Crippen LogP contribution in [0.2, 0.25) is 5.15 Å². The SMILES string of the molecule is CCOC(=O)c1cnc(Cl)cc1Nc1ccc(C(=O)OC(C)(C)C)cc1. The van der Waals surface area contributed by atoms with Crippen molar-refractivity contribution in [3.63, 3.8) is 0 Å². The number of nitrogens with zero attached hydrogens (tertiary/aromatic N) is 1. The van der Waals surface area contributed by atoms with Crippen molar-refractivity contribution in [2.75, 3.05) is 11.9 Å². The maximum atomic E-state index is 12.1. The lowest BCUT2D eigenvalue weighted by Gasteiger charge is -2.19. The van der Waals surface area contributed by atoms with Crippen LogP contribution in [-0.2, 0) is 9.47 Å². The first-order valence-electron chi connectivity index (χ1n) is 8.12. The van der Waals surface area contributed by atoms with Gasteiger partial charge in [-0.25, -0.2) is 14.6 Å². The van der Waals surface area contributed by atoms with Gasteiger partial charge in [-0.2, -0.15) is 0 Å². The summed E-state index contributed by atoms with van der Waals surface area (Å²) >= 11 is 5.93. The molecule has 0 radical (unpaired) electrons. The number of pyridine rings is 1. The summed E-state index contributed by atoms with van der Waals surface area (Å²) in [6.45, 7) is 7.41. The predicted octanol–water partition coefficient (Wildman–Crippen LogP) is 4.61. The van der Waals surface area contributed by atoms with E-state index in [9.17, 15) is 9.59 Å². The highest BCUT2D eigenvalue weighted by Crippen LogP contribution is 2.24. The molecule has 0 atom stereocenters. The number of rotatable bonds is 5. The lowest BCUT2D eigenvalue weighted by Crippen LogP contribution is -2.23. The average molecular weight is 377 g/mol. The summed E-state index contributed by atoms with van der Waals surface area (Å²) in [5.74, 6) is -0.896. The van der Waals surface area contributed by atoms with E-state index in [1.807, 2.05) is 20.8 Å². The quantitative estimate of drug-likeness (QED) is 0.606. The predicted molar refractivity (Wildman–Crippen MR) is 100 cm³/mol. The van der Waals surface area contributed by atoms with E-state index in [2.05, 4.69) is 10.3 Å². The second-order valence-electron chi connectivity index (χ2n) is 6.48. The van der Waals surface area contributed by atoms with Crippen molar-refractivity contribution in [1.82, 2.24) is 4.98 Å². The molecule has 0 saturated carbocycles. The maximum Gasteiger partial charge on any atom is 0.341 e. The molecule has 1 aromatic carbocycles. The molecule has 0 fully saturated rings. The highest BCUT2D eigenvalue weighted by atomic mass is 35.5. The topological polar surface area (TPSA) is 77.5 Å². The van der Waals surface area contributed by atoms with Crippen molar-refractivity contribution in [3.05, 3.63) is 52.8 Å². The Hall–Kier alpha value is -2.60. The first-order valence-corrected chi connectivity index (χ1v) is 8.50. The first-order chi connectivity index (χ1) is 12.2. The molecule has 0 aliphatic rings. The van der Waals surface area contributed by atoms with Crippen molar-refractivity contribution in [2.45, 2.75) is 33.3 Å². The molecule has 6 nitrogen and oxygen atoms in total. The van der Waals surface area contributed by atoms with E-state index in [4.69, 9.17) is 21.1 Å². The Labute approximate surface area is 157 Å².